The summed E-state index contributed by atoms with van der Waals surface area (Å²) in [6, 6.07) is 9.45. The number of hydrogen-bond acceptors (Lipinski definition) is 2. The van der Waals surface area contributed by atoms with Gasteiger partial charge in [-0.2, -0.15) is 0 Å². The molecule has 0 unspecified atom stereocenters. The lowest BCUT2D eigenvalue weighted by Crippen LogP contribution is -2.17. The van der Waals surface area contributed by atoms with E-state index in [0.29, 0.717) is 12.1 Å². The topological polar surface area (TPSA) is 42.0 Å². The molecule has 0 bridgehead atoms. The van der Waals surface area contributed by atoms with E-state index in [1.807, 2.05) is 30.3 Å². The van der Waals surface area contributed by atoms with E-state index < -0.39 is 4.33 Å². The number of carbonyl (C=O) groups is 1. The Balaban J connectivity index is 1.89. The SMILES string of the molecule is O=C(Nc1cccc2cccnc12)[C@H]1CC1(Cl)Cl. The number of nitrogens with zero attached hydrogens (tertiary/aromatic N) is 1. The minimum atomic E-state index is -0.901. The van der Waals surface area contributed by atoms with Crippen molar-refractivity contribution in [3.8, 4) is 0 Å². The molecule has 1 atom stereocenters. The van der Waals surface area contributed by atoms with Crippen LogP contribution >= 0.6 is 23.2 Å². The summed E-state index contributed by atoms with van der Waals surface area (Å²) in [7, 11) is 0. The summed E-state index contributed by atoms with van der Waals surface area (Å²) in [4.78, 5) is 16.2. The Morgan fingerprint density at radius 3 is 2.78 bits per heavy atom. The summed E-state index contributed by atoms with van der Waals surface area (Å²) >= 11 is 11.8. The number of carbonyl (C=O) groups excluding carboxylic acids is 1. The van der Waals surface area contributed by atoms with Gasteiger partial charge in [-0.05, 0) is 18.6 Å². The van der Waals surface area contributed by atoms with Crippen LogP contribution in [0.2, 0.25) is 0 Å². The molecule has 3 nitrogen and oxygen atoms in total. The van der Waals surface area contributed by atoms with Gasteiger partial charge in [0.25, 0.3) is 0 Å². The van der Waals surface area contributed by atoms with Crippen molar-refractivity contribution in [2.45, 2.75) is 10.8 Å². The maximum Gasteiger partial charge on any atom is 0.230 e. The van der Waals surface area contributed by atoms with E-state index in [-0.39, 0.29) is 11.8 Å². The van der Waals surface area contributed by atoms with Gasteiger partial charge in [0.2, 0.25) is 5.91 Å². The third-order valence-corrected chi connectivity index (χ3v) is 3.87. The van der Waals surface area contributed by atoms with Crippen molar-refractivity contribution >= 4 is 45.7 Å². The maximum absolute atomic E-state index is 11.9. The number of pyridine rings is 1. The molecule has 0 radical (unpaired) electrons. The number of hydrogen-bond donors (Lipinski definition) is 1. The zero-order valence-electron chi connectivity index (χ0n) is 9.36. The lowest BCUT2D eigenvalue weighted by Gasteiger charge is -2.07. The van der Waals surface area contributed by atoms with Gasteiger partial charge in [0, 0.05) is 11.6 Å². The van der Waals surface area contributed by atoms with Gasteiger partial charge < -0.3 is 5.32 Å². The van der Waals surface area contributed by atoms with Gasteiger partial charge in [-0.3, -0.25) is 9.78 Å². The standard InChI is InChI=1S/C13H10Cl2N2O/c14-13(15)7-9(13)12(18)17-10-5-1-3-8-4-2-6-16-11(8)10/h1-6,9H,7H2,(H,17,18)/t9-/m1/s1. The molecular formula is C13H10Cl2N2O. The predicted molar refractivity (Wildman–Crippen MR) is 72.9 cm³/mol. The highest BCUT2D eigenvalue weighted by Gasteiger charge is 2.56. The Hall–Kier alpha value is -1.32. The summed E-state index contributed by atoms with van der Waals surface area (Å²) in [5.41, 5.74) is 1.46. The summed E-state index contributed by atoms with van der Waals surface area (Å²) < 4.78 is -0.901. The van der Waals surface area contributed by atoms with Gasteiger partial charge >= 0.3 is 0 Å². The summed E-state index contributed by atoms with van der Waals surface area (Å²) in [5.74, 6) is -0.488. The first-order chi connectivity index (χ1) is 8.58. The Labute approximate surface area is 114 Å². The minimum Gasteiger partial charge on any atom is -0.324 e. The highest BCUT2D eigenvalue weighted by atomic mass is 35.5. The van der Waals surface area contributed by atoms with Crippen molar-refractivity contribution in [3.63, 3.8) is 0 Å². The lowest BCUT2D eigenvalue weighted by molar-refractivity contribution is -0.117. The molecule has 1 aliphatic carbocycles. The quantitative estimate of drug-likeness (QED) is 0.857. The van der Waals surface area contributed by atoms with Crippen LogP contribution in [-0.2, 0) is 4.79 Å². The molecule has 1 amide bonds. The van der Waals surface area contributed by atoms with Crippen molar-refractivity contribution in [3.05, 3.63) is 36.5 Å². The molecule has 1 saturated carbocycles. The van der Waals surface area contributed by atoms with Gasteiger partial charge in [-0.25, -0.2) is 0 Å². The second-order valence-electron chi connectivity index (χ2n) is 4.39. The van der Waals surface area contributed by atoms with Gasteiger partial charge in [-0.15, -0.1) is 23.2 Å². The first-order valence-corrected chi connectivity index (χ1v) is 6.36. The van der Waals surface area contributed by atoms with E-state index in [1.54, 1.807) is 6.20 Å². The van der Waals surface area contributed by atoms with Crippen molar-refractivity contribution in [1.82, 2.24) is 4.98 Å². The molecule has 92 valence electrons. The number of fused-ring (bicyclic) bond motifs is 1. The van der Waals surface area contributed by atoms with Crippen molar-refractivity contribution < 1.29 is 4.79 Å². The van der Waals surface area contributed by atoms with E-state index in [1.165, 1.54) is 0 Å². The lowest BCUT2D eigenvalue weighted by atomic mass is 10.2. The third-order valence-electron chi connectivity index (χ3n) is 3.03. The van der Waals surface area contributed by atoms with E-state index in [0.717, 1.165) is 10.9 Å². The Kier molecular flexibility index (Phi) is 2.68. The second-order valence-corrected chi connectivity index (χ2v) is 5.93. The van der Waals surface area contributed by atoms with Gasteiger partial charge in [0.15, 0.2) is 0 Å². The Morgan fingerprint density at radius 1 is 1.33 bits per heavy atom. The van der Waals surface area contributed by atoms with Crippen LogP contribution in [0.5, 0.6) is 0 Å². The smallest absolute Gasteiger partial charge is 0.230 e. The van der Waals surface area contributed by atoms with E-state index in [2.05, 4.69) is 10.3 Å². The number of halogens is 2. The highest BCUT2D eigenvalue weighted by Crippen LogP contribution is 2.53. The molecule has 0 saturated heterocycles. The molecule has 0 aliphatic heterocycles. The summed E-state index contributed by atoms with van der Waals surface area (Å²) in [5, 5.41) is 3.81. The third kappa shape index (κ3) is 2.04. The molecule has 1 N–H and O–H groups in total. The van der Waals surface area contributed by atoms with Crippen LogP contribution in [-0.4, -0.2) is 15.2 Å². The minimum absolute atomic E-state index is 0.154. The zero-order valence-corrected chi connectivity index (χ0v) is 10.9. The first kappa shape index (κ1) is 11.8. The van der Waals surface area contributed by atoms with Crippen molar-refractivity contribution in [2.24, 2.45) is 5.92 Å². The van der Waals surface area contributed by atoms with Crippen LogP contribution in [0, 0.1) is 5.92 Å². The van der Waals surface area contributed by atoms with E-state index >= 15 is 0 Å². The molecule has 1 aromatic heterocycles. The number of nitrogens with one attached hydrogen (secondary N) is 1. The molecule has 3 rings (SSSR count). The monoisotopic (exact) mass is 280 g/mol. The molecule has 1 aliphatic rings. The molecular weight excluding hydrogens is 271 g/mol. The number of benzene rings is 1. The van der Waals surface area contributed by atoms with Crippen LogP contribution in [0.15, 0.2) is 36.5 Å². The van der Waals surface area contributed by atoms with Crippen molar-refractivity contribution in [1.29, 1.82) is 0 Å². The van der Waals surface area contributed by atoms with Crippen LogP contribution in [0.1, 0.15) is 6.42 Å². The largest absolute Gasteiger partial charge is 0.324 e. The molecule has 18 heavy (non-hydrogen) atoms. The fraction of sp³-hybridized carbons (Fsp3) is 0.231. The molecule has 0 spiro atoms. The molecule has 1 fully saturated rings. The normalized spacial score (nSPS) is 20.7. The molecule has 1 heterocycles. The number of rotatable bonds is 2. The van der Waals surface area contributed by atoms with Gasteiger partial charge in [0.1, 0.15) is 4.33 Å². The number of para-hydroxylation sites is 1. The number of amides is 1. The van der Waals surface area contributed by atoms with Crippen LogP contribution < -0.4 is 5.32 Å². The molecule has 2 aromatic rings. The average molecular weight is 281 g/mol. The number of aromatic nitrogens is 1. The Bertz CT molecular complexity index is 622. The zero-order chi connectivity index (χ0) is 12.8. The van der Waals surface area contributed by atoms with Gasteiger partial charge in [0.05, 0.1) is 17.1 Å². The van der Waals surface area contributed by atoms with E-state index in [9.17, 15) is 4.79 Å². The van der Waals surface area contributed by atoms with Crippen molar-refractivity contribution in [2.75, 3.05) is 5.32 Å². The summed E-state index contributed by atoms with van der Waals surface area (Å²) in [6.07, 6.45) is 2.20. The van der Waals surface area contributed by atoms with E-state index in [4.69, 9.17) is 23.2 Å². The average Bonchev–Trinajstić information content (AvgIpc) is 2.99. The van der Waals surface area contributed by atoms with Crippen LogP contribution in [0.3, 0.4) is 0 Å². The molecule has 5 heteroatoms. The maximum atomic E-state index is 11.9. The highest BCUT2D eigenvalue weighted by molar-refractivity contribution is 6.52. The van der Waals surface area contributed by atoms with Gasteiger partial charge in [-0.1, -0.05) is 18.2 Å². The van der Waals surface area contributed by atoms with Crippen LogP contribution in [0.4, 0.5) is 5.69 Å². The predicted octanol–water partition coefficient (Wildman–Crippen LogP) is 3.37. The number of alkyl halides is 2. The first-order valence-electron chi connectivity index (χ1n) is 5.60. The fourth-order valence-corrected chi connectivity index (χ4v) is 2.43. The molecule has 1 aromatic carbocycles. The summed E-state index contributed by atoms with van der Waals surface area (Å²) in [6.45, 7) is 0. The fourth-order valence-electron chi connectivity index (χ4n) is 1.92. The number of anilines is 1. The van der Waals surface area contributed by atoms with Crippen LogP contribution in [0.25, 0.3) is 10.9 Å². The Morgan fingerprint density at radius 2 is 2.06 bits per heavy atom. The second kappa shape index (κ2) is 4.11.